The lowest BCUT2D eigenvalue weighted by Crippen LogP contribution is -2.23. The molecule has 2 aromatic rings. The van der Waals surface area contributed by atoms with Gasteiger partial charge in [0, 0.05) is 16.3 Å². The van der Waals surface area contributed by atoms with Crippen molar-refractivity contribution in [2.24, 2.45) is 5.41 Å². The van der Waals surface area contributed by atoms with Crippen LogP contribution in [0.15, 0.2) is 34.8 Å². The summed E-state index contributed by atoms with van der Waals surface area (Å²) in [6, 6.07) is 9.00. The normalized spacial score (nSPS) is 19.9. The number of hydrogen-bond donors (Lipinski definition) is 0. The van der Waals surface area contributed by atoms with Crippen LogP contribution in [0.4, 0.5) is 0 Å². The Morgan fingerprint density at radius 2 is 1.93 bits per heavy atom. The van der Waals surface area contributed by atoms with Gasteiger partial charge in [0.2, 0.25) is 0 Å². The summed E-state index contributed by atoms with van der Waals surface area (Å²) in [6.45, 7) is 6.69. The third-order valence-electron chi connectivity index (χ3n) is 5.61. The number of benzene rings is 2. The van der Waals surface area contributed by atoms with Crippen LogP contribution in [0.25, 0.3) is 0 Å². The summed E-state index contributed by atoms with van der Waals surface area (Å²) in [6.07, 6.45) is 1.15. The van der Waals surface area contributed by atoms with Crippen LogP contribution in [0.2, 0.25) is 0 Å². The Labute approximate surface area is 167 Å². The molecule has 2 aromatic carbocycles. The topological polar surface area (TPSA) is 52.6 Å². The summed E-state index contributed by atoms with van der Waals surface area (Å²) in [4.78, 5) is 25.0. The molecule has 0 radical (unpaired) electrons. The van der Waals surface area contributed by atoms with Gasteiger partial charge in [-0.1, -0.05) is 29.8 Å². The molecule has 0 amide bonds. The van der Waals surface area contributed by atoms with Crippen molar-refractivity contribution in [3.05, 3.63) is 68.2 Å². The van der Waals surface area contributed by atoms with Crippen LogP contribution in [0.1, 0.15) is 62.9 Å². The predicted molar refractivity (Wildman–Crippen MR) is 105 cm³/mol. The molecule has 5 heteroatoms. The van der Waals surface area contributed by atoms with Crippen LogP contribution in [-0.2, 0) is 22.3 Å². The van der Waals surface area contributed by atoms with Gasteiger partial charge in [0.15, 0.2) is 0 Å². The average molecular weight is 429 g/mol. The van der Waals surface area contributed by atoms with Crippen LogP contribution in [-0.4, -0.2) is 18.5 Å². The molecule has 27 heavy (non-hydrogen) atoms. The molecule has 0 saturated carbocycles. The average Bonchev–Trinajstić information content (AvgIpc) is 2.88. The highest BCUT2D eigenvalue weighted by Gasteiger charge is 2.44. The number of ether oxygens (including phenoxy) is 2. The summed E-state index contributed by atoms with van der Waals surface area (Å²) < 4.78 is 12.1. The van der Waals surface area contributed by atoms with Gasteiger partial charge >= 0.3 is 11.9 Å². The molecule has 0 saturated heterocycles. The number of halogens is 1. The van der Waals surface area contributed by atoms with Crippen molar-refractivity contribution in [3.8, 4) is 0 Å². The van der Waals surface area contributed by atoms with Gasteiger partial charge in [-0.2, -0.15) is 0 Å². The Bertz CT molecular complexity index is 944. The number of rotatable bonds is 2. The molecule has 0 aromatic heterocycles. The first-order valence-electron chi connectivity index (χ1n) is 9.07. The van der Waals surface area contributed by atoms with Crippen LogP contribution in [0.5, 0.6) is 0 Å². The van der Waals surface area contributed by atoms with E-state index in [1.165, 1.54) is 5.56 Å². The SMILES string of the molecule is Cc1c2c(cc3c1CC(C)(C)[C@@H]3OC(=O)c1ccc(Br)cc1)C(=O)OCC2. The van der Waals surface area contributed by atoms with Gasteiger partial charge in [0.05, 0.1) is 17.7 Å². The van der Waals surface area contributed by atoms with Gasteiger partial charge in [-0.25, -0.2) is 9.59 Å². The molecule has 0 fully saturated rings. The number of cyclic esters (lactones) is 1. The summed E-state index contributed by atoms with van der Waals surface area (Å²) in [5.41, 5.74) is 5.21. The summed E-state index contributed by atoms with van der Waals surface area (Å²) in [5, 5.41) is 0. The standard InChI is InChI=1S/C22H21BrO4/c1-12-15-8-9-26-21(25)17(15)10-16-18(12)11-22(2,3)19(16)27-20(24)13-4-6-14(23)7-5-13/h4-7,10,19H,8-9,11H2,1-3H3/t19-/m1/s1. The zero-order valence-corrected chi connectivity index (χ0v) is 17.2. The number of carbonyl (C=O) groups excluding carboxylic acids is 2. The van der Waals surface area contributed by atoms with Gasteiger partial charge in [-0.3, -0.25) is 0 Å². The molecule has 1 aliphatic heterocycles. The lowest BCUT2D eigenvalue weighted by molar-refractivity contribution is -0.00182. The maximum Gasteiger partial charge on any atom is 0.338 e. The maximum atomic E-state index is 12.7. The van der Waals surface area contributed by atoms with Crippen LogP contribution in [0, 0.1) is 12.3 Å². The Kier molecular flexibility index (Phi) is 4.38. The highest BCUT2D eigenvalue weighted by atomic mass is 79.9. The molecule has 2 aliphatic rings. The smallest absolute Gasteiger partial charge is 0.338 e. The molecule has 1 atom stereocenters. The molecule has 1 heterocycles. The monoisotopic (exact) mass is 428 g/mol. The lowest BCUT2D eigenvalue weighted by Gasteiger charge is -2.27. The largest absolute Gasteiger partial charge is 0.462 e. The van der Waals surface area contributed by atoms with Gasteiger partial charge in [0.25, 0.3) is 0 Å². The minimum Gasteiger partial charge on any atom is -0.462 e. The van der Waals surface area contributed by atoms with E-state index in [9.17, 15) is 9.59 Å². The second-order valence-electron chi connectivity index (χ2n) is 7.94. The first-order valence-corrected chi connectivity index (χ1v) is 9.86. The zero-order chi connectivity index (χ0) is 19.3. The molecule has 0 bridgehead atoms. The van der Waals surface area contributed by atoms with Gasteiger partial charge in [0.1, 0.15) is 6.10 Å². The van der Waals surface area contributed by atoms with Crippen molar-refractivity contribution < 1.29 is 19.1 Å². The third kappa shape index (κ3) is 3.08. The molecular weight excluding hydrogens is 408 g/mol. The van der Waals surface area contributed by atoms with E-state index in [0.29, 0.717) is 17.7 Å². The minimum absolute atomic E-state index is 0.244. The second kappa shape index (κ2) is 6.48. The highest BCUT2D eigenvalue weighted by molar-refractivity contribution is 9.10. The molecule has 140 valence electrons. The number of hydrogen-bond acceptors (Lipinski definition) is 4. The predicted octanol–water partition coefficient (Wildman–Crippen LogP) is 4.95. The summed E-state index contributed by atoms with van der Waals surface area (Å²) in [7, 11) is 0. The van der Waals surface area contributed by atoms with Crippen molar-refractivity contribution in [1.82, 2.24) is 0 Å². The number of esters is 2. The van der Waals surface area contributed by atoms with E-state index in [1.54, 1.807) is 12.1 Å². The Morgan fingerprint density at radius 1 is 1.22 bits per heavy atom. The van der Waals surface area contributed by atoms with Crippen molar-refractivity contribution in [2.45, 2.75) is 39.7 Å². The molecule has 1 aliphatic carbocycles. The Morgan fingerprint density at radius 3 is 2.63 bits per heavy atom. The first kappa shape index (κ1) is 18.2. The van der Waals surface area contributed by atoms with Crippen LogP contribution < -0.4 is 0 Å². The van der Waals surface area contributed by atoms with Gasteiger partial charge < -0.3 is 9.47 Å². The maximum absolute atomic E-state index is 12.7. The lowest BCUT2D eigenvalue weighted by atomic mass is 9.87. The summed E-state index contributed by atoms with van der Waals surface area (Å²) in [5.74, 6) is -0.642. The van der Waals surface area contributed by atoms with E-state index >= 15 is 0 Å². The van der Waals surface area contributed by atoms with E-state index in [4.69, 9.17) is 9.47 Å². The summed E-state index contributed by atoms with van der Waals surface area (Å²) >= 11 is 3.37. The second-order valence-corrected chi connectivity index (χ2v) is 8.85. The third-order valence-corrected chi connectivity index (χ3v) is 6.14. The van der Waals surface area contributed by atoms with Crippen molar-refractivity contribution in [1.29, 1.82) is 0 Å². The fraction of sp³-hybridized carbons (Fsp3) is 0.364. The van der Waals surface area contributed by atoms with Crippen LogP contribution >= 0.6 is 15.9 Å². The molecule has 0 unspecified atom stereocenters. The molecule has 4 rings (SSSR count). The number of carbonyl (C=O) groups is 2. The number of fused-ring (bicyclic) bond motifs is 2. The highest BCUT2D eigenvalue weighted by Crippen LogP contribution is 2.50. The van der Waals surface area contributed by atoms with E-state index < -0.39 is 6.10 Å². The van der Waals surface area contributed by atoms with E-state index in [1.807, 2.05) is 18.2 Å². The van der Waals surface area contributed by atoms with Crippen molar-refractivity contribution in [3.63, 3.8) is 0 Å². The van der Waals surface area contributed by atoms with Crippen molar-refractivity contribution >= 4 is 27.9 Å². The van der Waals surface area contributed by atoms with Gasteiger partial charge in [-0.15, -0.1) is 0 Å². The van der Waals surface area contributed by atoms with Gasteiger partial charge in [-0.05, 0) is 65.9 Å². The Hall–Kier alpha value is -2.14. The molecule has 4 nitrogen and oxygen atoms in total. The molecular formula is C22H21BrO4. The zero-order valence-electron chi connectivity index (χ0n) is 15.6. The van der Waals surface area contributed by atoms with E-state index in [2.05, 4.69) is 36.7 Å². The van der Waals surface area contributed by atoms with Crippen molar-refractivity contribution in [2.75, 3.05) is 6.61 Å². The Balaban J connectivity index is 1.73. The molecule has 0 N–H and O–H groups in total. The fourth-order valence-corrected chi connectivity index (χ4v) is 4.44. The van der Waals surface area contributed by atoms with E-state index in [0.717, 1.165) is 34.0 Å². The molecule has 0 spiro atoms. The fourth-order valence-electron chi connectivity index (χ4n) is 4.18. The quantitative estimate of drug-likeness (QED) is 0.634. The van der Waals surface area contributed by atoms with Crippen LogP contribution in [0.3, 0.4) is 0 Å². The minimum atomic E-state index is -0.401. The van der Waals surface area contributed by atoms with E-state index in [-0.39, 0.29) is 17.4 Å². The first-order chi connectivity index (χ1) is 12.8.